The first kappa shape index (κ1) is 9.72. The van der Waals surface area contributed by atoms with E-state index in [0.717, 1.165) is 19.3 Å². The molecule has 0 N–H and O–H groups in total. The topological polar surface area (TPSA) is 20.3 Å². The number of hydrogen-bond acceptors (Lipinski definition) is 2. The third kappa shape index (κ3) is 2.94. The second-order valence-corrected chi connectivity index (χ2v) is 4.41. The van der Waals surface area contributed by atoms with E-state index in [1.165, 1.54) is 25.9 Å². The Morgan fingerprint density at radius 2 is 1.92 bits per heavy atom. The number of likely N-dealkylation sites (tertiary alicyclic amines) is 1. The fraction of sp³-hybridized carbons (Fsp3) is 0.900. The summed E-state index contributed by atoms with van der Waals surface area (Å²) >= 11 is 0. The van der Waals surface area contributed by atoms with E-state index >= 15 is 0 Å². The average Bonchev–Trinajstić information content (AvgIpc) is 2.53. The molecule has 1 saturated heterocycles. The van der Waals surface area contributed by atoms with Crippen LogP contribution in [0.4, 0.5) is 0 Å². The maximum Gasteiger partial charge on any atom is 0.125 e. The van der Waals surface area contributed by atoms with Gasteiger partial charge in [0.25, 0.3) is 0 Å². The molecule has 2 heteroatoms. The number of rotatable bonds is 4. The van der Waals surface area contributed by atoms with E-state index in [1.807, 2.05) is 13.8 Å². The lowest BCUT2D eigenvalue weighted by molar-refractivity contribution is -0.115. The van der Waals surface area contributed by atoms with Crippen LogP contribution in [0.5, 0.6) is 0 Å². The summed E-state index contributed by atoms with van der Waals surface area (Å²) in [6.45, 7) is 7.57. The van der Waals surface area contributed by atoms with Gasteiger partial charge in [-0.15, -0.1) is 0 Å². The first-order valence-corrected chi connectivity index (χ1v) is 4.83. The average molecular weight is 169 g/mol. The number of hydrogen-bond donors (Lipinski definition) is 0. The van der Waals surface area contributed by atoms with Gasteiger partial charge in [0, 0.05) is 5.41 Å². The van der Waals surface area contributed by atoms with Gasteiger partial charge in [-0.3, -0.25) is 0 Å². The normalized spacial score (nSPS) is 19.8. The maximum absolute atomic E-state index is 10.6. The third-order valence-corrected chi connectivity index (χ3v) is 2.59. The molecule has 0 spiro atoms. The fourth-order valence-corrected chi connectivity index (χ4v) is 1.51. The zero-order chi connectivity index (χ0) is 9.03. The van der Waals surface area contributed by atoms with Crippen LogP contribution in [0.25, 0.3) is 0 Å². The molecule has 0 radical (unpaired) electrons. The Morgan fingerprint density at radius 1 is 1.33 bits per heavy atom. The molecule has 0 saturated carbocycles. The number of carbonyl (C=O) groups excluding carboxylic acids is 1. The zero-order valence-corrected chi connectivity index (χ0v) is 8.18. The van der Waals surface area contributed by atoms with Crippen LogP contribution in [0, 0.1) is 5.41 Å². The van der Waals surface area contributed by atoms with Gasteiger partial charge in [0.15, 0.2) is 0 Å². The predicted molar refractivity (Wildman–Crippen MR) is 50.1 cm³/mol. The molecule has 12 heavy (non-hydrogen) atoms. The van der Waals surface area contributed by atoms with Crippen molar-refractivity contribution >= 4 is 6.29 Å². The summed E-state index contributed by atoms with van der Waals surface area (Å²) in [5.41, 5.74) is -0.122. The van der Waals surface area contributed by atoms with Crippen molar-refractivity contribution in [2.24, 2.45) is 5.41 Å². The largest absolute Gasteiger partial charge is 0.303 e. The molecule has 1 aliphatic rings. The SMILES string of the molecule is CC(C)(C=O)CCN1CCCC1. The first-order chi connectivity index (χ1) is 5.64. The molecule has 0 aromatic heterocycles. The Balaban J connectivity index is 2.19. The molecule has 1 heterocycles. The smallest absolute Gasteiger partial charge is 0.125 e. The fourth-order valence-electron chi connectivity index (χ4n) is 1.51. The van der Waals surface area contributed by atoms with Gasteiger partial charge < -0.3 is 9.69 Å². The van der Waals surface area contributed by atoms with Gasteiger partial charge >= 0.3 is 0 Å². The number of aldehydes is 1. The molecule has 0 atom stereocenters. The molecule has 1 fully saturated rings. The Kier molecular flexibility index (Phi) is 3.27. The van der Waals surface area contributed by atoms with Gasteiger partial charge in [-0.25, -0.2) is 0 Å². The molecule has 0 unspecified atom stereocenters. The van der Waals surface area contributed by atoms with Crippen molar-refractivity contribution in [3.63, 3.8) is 0 Å². The van der Waals surface area contributed by atoms with Crippen molar-refractivity contribution in [1.82, 2.24) is 4.90 Å². The molecule has 1 aliphatic heterocycles. The molecule has 2 nitrogen and oxygen atoms in total. The molecular formula is C10H19NO. The highest BCUT2D eigenvalue weighted by atomic mass is 16.1. The highest BCUT2D eigenvalue weighted by Crippen LogP contribution is 2.18. The predicted octanol–water partition coefficient (Wildman–Crippen LogP) is 1.70. The van der Waals surface area contributed by atoms with Crippen molar-refractivity contribution in [3.8, 4) is 0 Å². The number of carbonyl (C=O) groups is 1. The van der Waals surface area contributed by atoms with Gasteiger partial charge in [0.05, 0.1) is 0 Å². The summed E-state index contributed by atoms with van der Waals surface area (Å²) in [7, 11) is 0. The Bertz CT molecular complexity index is 148. The van der Waals surface area contributed by atoms with E-state index in [0.29, 0.717) is 0 Å². The minimum Gasteiger partial charge on any atom is -0.303 e. The van der Waals surface area contributed by atoms with Gasteiger partial charge in [-0.2, -0.15) is 0 Å². The van der Waals surface area contributed by atoms with E-state index in [1.54, 1.807) is 0 Å². The van der Waals surface area contributed by atoms with Gasteiger partial charge in [-0.05, 0) is 38.9 Å². The molecule has 70 valence electrons. The Morgan fingerprint density at radius 3 is 2.42 bits per heavy atom. The van der Waals surface area contributed by atoms with Crippen molar-refractivity contribution in [1.29, 1.82) is 0 Å². The maximum atomic E-state index is 10.6. The van der Waals surface area contributed by atoms with Crippen LogP contribution >= 0.6 is 0 Å². The Labute approximate surface area is 74.9 Å². The lowest BCUT2D eigenvalue weighted by Crippen LogP contribution is -2.26. The van der Waals surface area contributed by atoms with E-state index < -0.39 is 0 Å². The van der Waals surface area contributed by atoms with E-state index in [9.17, 15) is 4.79 Å². The third-order valence-electron chi connectivity index (χ3n) is 2.59. The standard InChI is InChI=1S/C10H19NO/c1-10(2,9-12)5-8-11-6-3-4-7-11/h9H,3-8H2,1-2H3. The molecule has 0 bridgehead atoms. The number of nitrogens with zero attached hydrogens (tertiary/aromatic N) is 1. The van der Waals surface area contributed by atoms with Crippen LogP contribution < -0.4 is 0 Å². The zero-order valence-electron chi connectivity index (χ0n) is 8.18. The van der Waals surface area contributed by atoms with Gasteiger partial charge in [0.2, 0.25) is 0 Å². The van der Waals surface area contributed by atoms with Crippen molar-refractivity contribution in [2.45, 2.75) is 33.1 Å². The highest BCUT2D eigenvalue weighted by Gasteiger charge is 2.19. The minimum absolute atomic E-state index is 0.122. The Hall–Kier alpha value is -0.370. The molecule has 0 amide bonds. The molecular weight excluding hydrogens is 150 g/mol. The summed E-state index contributed by atoms with van der Waals surface area (Å²) in [4.78, 5) is 13.1. The monoisotopic (exact) mass is 169 g/mol. The second kappa shape index (κ2) is 4.04. The van der Waals surface area contributed by atoms with Crippen LogP contribution in [0.1, 0.15) is 33.1 Å². The highest BCUT2D eigenvalue weighted by molar-refractivity contribution is 5.57. The van der Waals surface area contributed by atoms with Crippen molar-refractivity contribution in [2.75, 3.05) is 19.6 Å². The van der Waals surface area contributed by atoms with Crippen LogP contribution in [-0.4, -0.2) is 30.8 Å². The quantitative estimate of drug-likeness (QED) is 0.597. The van der Waals surface area contributed by atoms with E-state index in [-0.39, 0.29) is 5.41 Å². The van der Waals surface area contributed by atoms with Gasteiger partial charge in [0.1, 0.15) is 6.29 Å². The molecule has 0 aliphatic carbocycles. The summed E-state index contributed by atoms with van der Waals surface area (Å²) in [6.07, 6.45) is 4.74. The summed E-state index contributed by atoms with van der Waals surface area (Å²) in [5, 5.41) is 0. The molecule has 0 aromatic carbocycles. The lowest BCUT2D eigenvalue weighted by Gasteiger charge is -2.21. The summed E-state index contributed by atoms with van der Waals surface area (Å²) in [6, 6.07) is 0. The second-order valence-electron chi connectivity index (χ2n) is 4.41. The molecule has 1 rings (SSSR count). The van der Waals surface area contributed by atoms with E-state index in [2.05, 4.69) is 4.90 Å². The van der Waals surface area contributed by atoms with Crippen molar-refractivity contribution < 1.29 is 4.79 Å². The summed E-state index contributed by atoms with van der Waals surface area (Å²) in [5.74, 6) is 0. The van der Waals surface area contributed by atoms with E-state index in [4.69, 9.17) is 0 Å². The first-order valence-electron chi connectivity index (χ1n) is 4.83. The minimum atomic E-state index is -0.122. The van der Waals surface area contributed by atoms with Crippen LogP contribution in [0.15, 0.2) is 0 Å². The lowest BCUT2D eigenvalue weighted by atomic mass is 9.91. The molecule has 0 aromatic rings. The van der Waals surface area contributed by atoms with Crippen molar-refractivity contribution in [3.05, 3.63) is 0 Å². The van der Waals surface area contributed by atoms with Crippen LogP contribution in [0.3, 0.4) is 0 Å². The van der Waals surface area contributed by atoms with Crippen LogP contribution in [0.2, 0.25) is 0 Å². The van der Waals surface area contributed by atoms with Crippen LogP contribution in [-0.2, 0) is 4.79 Å². The summed E-state index contributed by atoms with van der Waals surface area (Å²) < 4.78 is 0. The van der Waals surface area contributed by atoms with Gasteiger partial charge in [-0.1, -0.05) is 13.8 Å².